The second-order valence-electron chi connectivity index (χ2n) is 2.95. The van der Waals surface area contributed by atoms with Gasteiger partial charge >= 0.3 is 0 Å². The van der Waals surface area contributed by atoms with Gasteiger partial charge in [0.2, 0.25) is 0 Å². The summed E-state index contributed by atoms with van der Waals surface area (Å²) in [5.74, 6) is 0.789. The van der Waals surface area contributed by atoms with Crippen LogP contribution in [0.15, 0.2) is 22.9 Å². The van der Waals surface area contributed by atoms with Crippen LogP contribution in [0, 0.1) is 0 Å². The molecule has 0 saturated carbocycles. The molecule has 78 valence electrons. The van der Waals surface area contributed by atoms with Crippen molar-refractivity contribution in [2.24, 2.45) is 0 Å². The van der Waals surface area contributed by atoms with E-state index in [4.69, 9.17) is 9.84 Å². The topological polar surface area (TPSA) is 42.4 Å². The van der Waals surface area contributed by atoms with Gasteiger partial charge in [-0.2, -0.15) is 0 Å². The highest BCUT2D eigenvalue weighted by atomic mass is 79.9. The van der Waals surface area contributed by atoms with E-state index in [1.165, 1.54) is 0 Å². The molecule has 0 aromatic carbocycles. The molecule has 0 aliphatic carbocycles. The summed E-state index contributed by atoms with van der Waals surface area (Å²) in [5.41, 5.74) is 0. The molecule has 0 radical (unpaired) electrons. The fourth-order valence-electron chi connectivity index (χ4n) is 1.03. The first-order valence-electron chi connectivity index (χ1n) is 4.68. The number of aliphatic hydroxyl groups is 1. The van der Waals surface area contributed by atoms with Crippen LogP contribution in [0.4, 0.5) is 0 Å². The third-order valence-electron chi connectivity index (χ3n) is 1.77. The van der Waals surface area contributed by atoms with Crippen LogP contribution >= 0.6 is 15.9 Å². The molecule has 14 heavy (non-hydrogen) atoms. The zero-order chi connectivity index (χ0) is 10.2. The molecule has 0 fully saturated rings. The minimum Gasteiger partial charge on any atom is -0.492 e. The number of hydrogen-bond acceptors (Lipinski definition) is 3. The van der Waals surface area contributed by atoms with Gasteiger partial charge in [0.05, 0.1) is 12.8 Å². The molecule has 1 aromatic heterocycles. The SMILES string of the molecule is OCCCCCOc1ccc(Br)nc1. The molecule has 1 N–H and O–H groups in total. The van der Waals surface area contributed by atoms with Crippen molar-refractivity contribution >= 4 is 15.9 Å². The van der Waals surface area contributed by atoms with E-state index >= 15 is 0 Å². The average Bonchev–Trinajstić information content (AvgIpc) is 2.21. The molecule has 0 aliphatic heterocycles. The zero-order valence-corrected chi connectivity index (χ0v) is 9.53. The minimum atomic E-state index is 0.264. The predicted octanol–water partition coefficient (Wildman–Crippen LogP) is 2.39. The Bertz CT molecular complexity index is 251. The second-order valence-corrected chi connectivity index (χ2v) is 3.76. The molecular weight excluding hydrogens is 246 g/mol. The van der Waals surface area contributed by atoms with E-state index in [2.05, 4.69) is 20.9 Å². The van der Waals surface area contributed by atoms with E-state index in [0.717, 1.165) is 29.6 Å². The average molecular weight is 260 g/mol. The van der Waals surface area contributed by atoms with Crippen LogP contribution in [0.1, 0.15) is 19.3 Å². The Kier molecular flexibility index (Phi) is 5.56. The number of ether oxygens (including phenoxy) is 1. The molecule has 0 saturated heterocycles. The number of unbranched alkanes of at least 4 members (excludes halogenated alkanes) is 2. The molecule has 0 aliphatic rings. The van der Waals surface area contributed by atoms with E-state index in [9.17, 15) is 0 Å². The van der Waals surface area contributed by atoms with Crippen LogP contribution in [0.5, 0.6) is 5.75 Å². The maximum atomic E-state index is 8.56. The Hall–Kier alpha value is -0.610. The lowest BCUT2D eigenvalue weighted by Crippen LogP contribution is -1.98. The number of halogens is 1. The van der Waals surface area contributed by atoms with Gasteiger partial charge in [0.15, 0.2) is 0 Å². The van der Waals surface area contributed by atoms with Crippen LogP contribution in [-0.4, -0.2) is 23.3 Å². The number of rotatable bonds is 6. The fourth-order valence-corrected chi connectivity index (χ4v) is 1.26. The normalized spacial score (nSPS) is 10.1. The number of aromatic nitrogens is 1. The number of nitrogens with zero attached hydrogens (tertiary/aromatic N) is 1. The van der Waals surface area contributed by atoms with E-state index in [0.29, 0.717) is 6.61 Å². The molecule has 0 amide bonds. The Morgan fingerprint density at radius 2 is 2.14 bits per heavy atom. The minimum absolute atomic E-state index is 0.264. The molecule has 4 heteroatoms. The van der Waals surface area contributed by atoms with Gasteiger partial charge in [0.1, 0.15) is 10.4 Å². The second kappa shape index (κ2) is 6.79. The Morgan fingerprint density at radius 1 is 1.29 bits per heavy atom. The Morgan fingerprint density at radius 3 is 2.79 bits per heavy atom. The molecule has 0 spiro atoms. The van der Waals surface area contributed by atoms with Crippen LogP contribution in [-0.2, 0) is 0 Å². The van der Waals surface area contributed by atoms with Crippen molar-refractivity contribution in [1.29, 1.82) is 0 Å². The van der Waals surface area contributed by atoms with E-state index < -0.39 is 0 Å². The van der Waals surface area contributed by atoms with Gasteiger partial charge in [0.25, 0.3) is 0 Å². The molecule has 0 atom stereocenters. The lowest BCUT2D eigenvalue weighted by Gasteiger charge is -2.04. The van der Waals surface area contributed by atoms with Gasteiger partial charge in [-0.3, -0.25) is 0 Å². The van der Waals surface area contributed by atoms with Crippen LogP contribution in [0.3, 0.4) is 0 Å². The lowest BCUT2D eigenvalue weighted by molar-refractivity contribution is 0.266. The summed E-state index contributed by atoms with van der Waals surface area (Å²) < 4.78 is 6.25. The van der Waals surface area contributed by atoms with Crippen molar-refractivity contribution in [3.63, 3.8) is 0 Å². The maximum absolute atomic E-state index is 8.56. The monoisotopic (exact) mass is 259 g/mol. The summed E-state index contributed by atoms with van der Waals surface area (Å²) >= 11 is 3.25. The predicted molar refractivity (Wildman–Crippen MR) is 58.4 cm³/mol. The van der Waals surface area contributed by atoms with Gasteiger partial charge in [-0.25, -0.2) is 4.98 Å². The van der Waals surface area contributed by atoms with Gasteiger partial charge in [-0.05, 0) is 47.3 Å². The summed E-state index contributed by atoms with van der Waals surface area (Å²) in [6, 6.07) is 3.73. The maximum Gasteiger partial charge on any atom is 0.137 e. The Labute approximate surface area is 92.3 Å². The molecule has 1 rings (SSSR count). The molecular formula is C10H14BrNO2. The molecule has 0 unspecified atom stereocenters. The van der Waals surface area contributed by atoms with Crippen molar-refractivity contribution < 1.29 is 9.84 Å². The highest BCUT2D eigenvalue weighted by Crippen LogP contribution is 2.12. The van der Waals surface area contributed by atoms with Gasteiger partial charge < -0.3 is 9.84 Å². The van der Waals surface area contributed by atoms with Crippen molar-refractivity contribution in [2.45, 2.75) is 19.3 Å². The van der Waals surface area contributed by atoms with Crippen molar-refractivity contribution in [2.75, 3.05) is 13.2 Å². The largest absolute Gasteiger partial charge is 0.492 e. The highest BCUT2D eigenvalue weighted by molar-refractivity contribution is 9.10. The summed E-state index contributed by atoms with van der Waals surface area (Å²) in [5, 5.41) is 8.56. The Balaban J connectivity index is 2.15. The van der Waals surface area contributed by atoms with Crippen LogP contribution in [0.2, 0.25) is 0 Å². The lowest BCUT2D eigenvalue weighted by atomic mass is 10.2. The van der Waals surface area contributed by atoms with Crippen LogP contribution < -0.4 is 4.74 Å². The first kappa shape index (κ1) is 11.5. The van der Waals surface area contributed by atoms with E-state index in [1.54, 1.807) is 6.20 Å². The summed E-state index contributed by atoms with van der Waals surface area (Å²) in [6.07, 6.45) is 4.51. The van der Waals surface area contributed by atoms with Crippen molar-refractivity contribution in [3.05, 3.63) is 22.9 Å². The van der Waals surface area contributed by atoms with Gasteiger partial charge in [-0.15, -0.1) is 0 Å². The number of hydrogen-bond donors (Lipinski definition) is 1. The third kappa shape index (κ3) is 4.58. The molecule has 3 nitrogen and oxygen atoms in total. The quantitative estimate of drug-likeness (QED) is 0.630. The first-order valence-corrected chi connectivity index (χ1v) is 5.47. The fraction of sp³-hybridized carbons (Fsp3) is 0.500. The van der Waals surface area contributed by atoms with Gasteiger partial charge in [-0.1, -0.05) is 0 Å². The van der Waals surface area contributed by atoms with Crippen molar-refractivity contribution in [3.8, 4) is 5.75 Å². The smallest absolute Gasteiger partial charge is 0.137 e. The zero-order valence-electron chi connectivity index (χ0n) is 7.95. The third-order valence-corrected chi connectivity index (χ3v) is 2.24. The van der Waals surface area contributed by atoms with Crippen LogP contribution in [0.25, 0.3) is 0 Å². The number of pyridine rings is 1. The highest BCUT2D eigenvalue weighted by Gasteiger charge is 1.94. The van der Waals surface area contributed by atoms with E-state index in [1.807, 2.05) is 12.1 Å². The standard InChI is InChI=1S/C10H14BrNO2/c11-10-5-4-9(8-12-10)14-7-3-1-2-6-13/h4-5,8,13H,1-3,6-7H2. The summed E-state index contributed by atoms with van der Waals surface area (Å²) in [4.78, 5) is 4.05. The van der Waals surface area contributed by atoms with Gasteiger partial charge in [0, 0.05) is 6.61 Å². The first-order chi connectivity index (χ1) is 6.83. The summed E-state index contributed by atoms with van der Waals surface area (Å²) in [6.45, 7) is 0.948. The number of aliphatic hydroxyl groups excluding tert-OH is 1. The van der Waals surface area contributed by atoms with Crippen molar-refractivity contribution in [1.82, 2.24) is 4.98 Å². The molecule has 0 bridgehead atoms. The van der Waals surface area contributed by atoms with E-state index in [-0.39, 0.29) is 6.61 Å². The molecule has 1 aromatic rings. The molecule has 1 heterocycles. The summed E-state index contributed by atoms with van der Waals surface area (Å²) in [7, 11) is 0.